The van der Waals surface area contributed by atoms with Crippen molar-refractivity contribution in [1.29, 1.82) is 0 Å². The lowest BCUT2D eigenvalue weighted by Crippen LogP contribution is -1.97. The molecule has 2 aromatic heterocycles. The molecule has 0 saturated carbocycles. The smallest absolute Gasteiger partial charge is 0.187 e. The standard InChI is InChI=1S/C23H23FN4S/c1-5-17-10-20(15(3)8-14(17)2)26-23-27-21(12-29-23)18-6-7-22(19(24)9-18)28-11-16(4)25-13-28/h6-13H,5H2,1-4H3,(H,26,27). The molecule has 2 aromatic carbocycles. The maximum absolute atomic E-state index is 14.7. The van der Waals surface area contributed by atoms with E-state index in [4.69, 9.17) is 0 Å². The summed E-state index contributed by atoms with van der Waals surface area (Å²) in [4.78, 5) is 8.82. The molecule has 148 valence electrons. The summed E-state index contributed by atoms with van der Waals surface area (Å²) in [6.45, 7) is 8.27. The lowest BCUT2D eigenvalue weighted by atomic mass is 10.0. The highest BCUT2D eigenvalue weighted by Gasteiger charge is 2.11. The summed E-state index contributed by atoms with van der Waals surface area (Å²) < 4.78 is 16.4. The number of thiazole rings is 1. The number of aromatic nitrogens is 3. The van der Waals surface area contributed by atoms with Crippen molar-refractivity contribution in [2.45, 2.75) is 34.1 Å². The number of nitrogens with one attached hydrogen (secondary N) is 1. The van der Waals surface area contributed by atoms with Crippen LogP contribution in [0.4, 0.5) is 15.2 Å². The fourth-order valence-electron chi connectivity index (χ4n) is 3.42. The normalized spacial score (nSPS) is 11.1. The largest absolute Gasteiger partial charge is 0.331 e. The Balaban J connectivity index is 1.59. The van der Waals surface area contributed by atoms with Crippen molar-refractivity contribution in [3.8, 4) is 16.9 Å². The summed E-state index contributed by atoms with van der Waals surface area (Å²) in [6, 6.07) is 9.56. The Morgan fingerprint density at radius 3 is 2.62 bits per heavy atom. The molecule has 0 aliphatic rings. The van der Waals surface area contributed by atoms with Gasteiger partial charge >= 0.3 is 0 Å². The van der Waals surface area contributed by atoms with Crippen LogP contribution in [0.5, 0.6) is 0 Å². The predicted octanol–water partition coefficient (Wildman–Crippen LogP) is 6.37. The molecule has 0 aliphatic heterocycles. The second kappa shape index (κ2) is 7.79. The van der Waals surface area contributed by atoms with E-state index in [1.54, 1.807) is 23.2 Å². The van der Waals surface area contributed by atoms with Crippen LogP contribution in [0.2, 0.25) is 0 Å². The van der Waals surface area contributed by atoms with Crippen LogP contribution in [-0.2, 0) is 6.42 Å². The van der Waals surface area contributed by atoms with Crippen LogP contribution in [0.3, 0.4) is 0 Å². The van der Waals surface area contributed by atoms with Gasteiger partial charge in [0.05, 0.1) is 23.4 Å². The van der Waals surface area contributed by atoms with Gasteiger partial charge in [0, 0.05) is 22.8 Å². The highest BCUT2D eigenvalue weighted by molar-refractivity contribution is 7.14. The number of hydrogen-bond donors (Lipinski definition) is 1. The predicted molar refractivity (Wildman–Crippen MR) is 118 cm³/mol. The van der Waals surface area contributed by atoms with Gasteiger partial charge in [0.1, 0.15) is 5.82 Å². The van der Waals surface area contributed by atoms with E-state index in [-0.39, 0.29) is 5.82 Å². The Bertz CT molecular complexity index is 1180. The highest BCUT2D eigenvalue weighted by atomic mass is 32.1. The number of hydrogen-bond acceptors (Lipinski definition) is 4. The van der Waals surface area contributed by atoms with Gasteiger partial charge < -0.3 is 9.88 Å². The number of rotatable bonds is 5. The zero-order chi connectivity index (χ0) is 20.5. The van der Waals surface area contributed by atoms with E-state index >= 15 is 0 Å². The molecule has 6 heteroatoms. The van der Waals surface area contributed by atoms with Crippen molar-refractivity contribution >= 4 is 22.2 Å². The first-order chi connectivity index (χ1) is 13.9. The Hall–Kier alpha value is -2.99. The molecule has 0 radical (unpaired) electrons. The summed E-state index contributed by atoms with van der Waals surface area (Å²) in [6.07, 6.45) is 4.41. The first-order valence-corrected chi connectivity index (χ1v) is 10.5. The van der Waals surface area contributed by atoms with Gasteiger partial charge in [0.2, 0.25) is 0 Å². The molecule has 1 N–H and O–H groups in total. The van der Waals surface area contributed by atoms with E-state index in [0.717, 1.165) is 34.2 Å². The van der Waals surface area contributed by atoms with Crippen molar-refractivity contribution in [2.75, 3.05) is 5.32 Å². The summed E-state index contributed by atoms with van der Waals surface area (Å²) in [7, 11) is 0. The summed E-state index contributed by atoms with van der Waals surface area (Å²) >= 11 is 1.52. The van der Waals surface area contributed by atoms with Crippen LogP contribution >= 0.6 is 11.3 Å². The summed E-state index contributed by atoms with van der Waals surface area (Å²) in [5, 5.41) is 6.16. The lowest BCUT2D eigenvalue weighted by Gasteiger charge is -2.11. The fourth-order valence-corrected chi connectivity index (χ4v) is 4.15. The first-order valence-electron chi connectivity index (χ1n) is 9.58. The van der Waals surface area contributed by atoms with Crippen LogP contribution in [0.1, 0.15) is 29.3 Å². The molecule has 2 heterocycles. The Morgan fingerprint density at radius 2 is 1.93 bits per heavy atom. The third-order valence-corrected chi connectivity index (χ3v) is 5.80. The van der Waals surface area contributed by atoms with Crippen LogP contribution in [0.25, 0.3) is 16.9 Å². The average molecular weight is 407 g/mol. The number of aryl methyl sites for hydroxylation is 4. The second-order valence-electron chi connectivity index (χ2n) is 7.20. The molecule has 0 fully saturated rings. The Kier molecular flexibility index (Phi) is 5.20. The minimum Gasteiger partial charge on any atom is -0.331 e. The van der Waals surface area contributed by atoms with E-state index in [9.17, 15) is 4.39 Å². The molecule has 0 saturated heterocycles. The Labute approximate surface area is 174 Å². The lowest BCUT2D eigenvalue weighted by molar-refractivity contribution is 0.618. The third-order valence-electron chi connectivity index (χ3n) is 5.04. The highest BCUT2D eigenvalue weighted by Crippen LogP contribution is 2.31. The fraction of sp³-hybridized carbons (Fsp3) is 0.217. The zero-order valence-electron chi connectivity index (χ0n) is 17.0. The van der Waals surface area contributed by atoms with Crippen LogP contribution in [-0.4, -0.2) is 14.5 Å². The molecule has 0 atom stereocenters. The first kappa shape index (κ1) is 19.3. The van der Waals surface area contributed by atoms with Crippen molar-refractivity contribution < 1.29 is 4.39 Å². The minimum absolute atomic E-state index is 0.302. The van der Waals surface area contributed by atoms with Gasteiger partial charge in [-0.3, -0.25) is 0 Å². The molecule has 0 aliphatic carbocycles. The van der Waals surface area contributed by atoms with Gasteiger partial charge in [-0.2, -0.15) is 0 Å². The van der Waals surface area contributed by atoms with Crippen LogP contribution in [0, 0.1) is 26.6 Å². The summed E-state index contributed by atoms with van der Waals surface area (Å²) in [5.41, 5.74) is 7.70. The maximum Gasteiger partial charge on any atom is 0.187 e. The van der Waals surface area contributed by atoms with E-state index in [1.165, 1.54) is 34.1 Å². The van der Waals surface area contributed by atoms with Gasteiger partial charge in [-0.25, -0.2) is 14.4 Å². The molecular weight excluding hydrogens is 383 g/mol. The van der Waals surface area contributed by atoms with Crippen LogP contribution < -0.4 is 5.32 Å². The van der Waals surface area contributed by atoms with E-state index in [0.29, 0.717) is 5.69 Å². The molecule has 4 aromatic rings. The molecule has 29 heavy (non-hydrogen) atoms. The van der Waals surface area contributed by atoms with E-state index in [1.807, 2.05) is 18.4 Å². The monoisotopic (exact) mass is 406 g/mol. The van der Waals surface area contributed by atoms with Gasteiger partial charge in [-0.15, -0.1) is 11.3 Å². The van der Waals surface area contributed by atoms with Gasteiger partial charge in [-0.1, -0.05) is 19.1 Å². The van der Waals surface area contributed by atoms with Crippen LogP contribution in [0.15, 0.2) is 48.2 Å². The minimum atomic E-state index is -0.302. The molecule has 4 rings (SSSR count). The zero-order valence-corrected chi connectivity index (χ0v) is 17.8. The van der Waals surface area contributed by atoms with Crippen molar-refractivity contribution in [3.63, 3.8) is 0 Å². The molecular formula is C23H23FN4S. The quantitative estimate of drug-likeness (QED) is 0.419. The number of anilines is 2. The van der Waals surface area contributed by atoms with Crippen molar-refractivity contribution in [2.24, 2.45) is 0 Å². The van der Waals surface area contributed by atoms with Gasteiger partial charge in [0.25, 0.3) is 0 Å². The topological polar surface area (TPSA) is 42.7 Å². The number of halogens is 1. The molecule has 0 unspecified atom stereocenters. The molecule has 0 bridgehead atoms. The summed E-state index contributed by atoms with van der Waals surface area (Å²) in [5.74, 6) is -0.302. The average Bonchev–Trinajstić information content (AvgIpc) is 3.33. The SMILES string of the molecule is CCc1cc(Nc2nc(-c3ccc(-n4cnc(C)c4)c(F)c3)cs2)c(C)cc1C. The number of imidazole rings is 1. The molecule has 0 spiro atoms. The van der Waals surface area contributed by atoms with Gasteiger partial charge in [0.15, 0.2) is 5.13 Å². The second-order valence-corrected chi connectivity index (χ2v) is 8.06. The molecule has 4 nitrogen and oxygen atoms in total. The van der Waals surface area contributed by atoms with E-state index in [2.05, 4.69) is 48.2 Å². The molecule has 0 amide bonds. The van der Waals surface area contributed by atoms with Gasteiger partial charge in [-0.05, 0) is 62.1 Å². The number of benzene rings is 2. The third kappa shape index (κ3) is 3.93. The Morgan fingerprint density at radius 1 is 1.10 bits per heavy atom. The van der Waals surface area contributed by atoms with Crippen molar-refractivity contribution in [3.05, 3.63) is 76.4 Å². The number of nitrogens with zero attached hydrogens (tertiary/aromatic N) is 3. The van der Waals surface area contributed by atoms with Crippen molar-refractivity contribution in [1.82, 2.24) is 14.5 Å². The van der Waals surface area contributed by atoms with E-state index < -0.39 is 0 Å². The maximum atomic E-state index is 14.7.